The molecule has 13 heteroatoms. The van der Waals surface area contributed by atoms with Crippen LogP contribution in [0.1, 0.15) is 95.6 Å². The highest BCUT2D eigenvalue weighted by Crippen LogP contribution is 2.30. The van der Waals surface area contributed by atoms with E-state index in [0.717, 1.165) is 24.0 Å². The van der Waals surface area contributed by atoms with Crippen LogP contribution in [-0.4, -0.2) is 124 Å². The zero-order valence-electron chi connectivity index (χ0n) is 38.6. The first-order valence-electron chi connectivity index (χ1n) is 21.8. The molecule has 0 spiro atoms. The largest absolute Gasteiger partial charge is 0.465 e. The van der Waals surface area contributed by atoms with Gasteiger partial charge in [0.05, 0.1) is 61.4 Å². The van der Waals surface area contributed by atoms with Crippen LogP contribution in [0.4, 0.5) is 0 Å². The molecule has 1 fully saturated rings. The average Bonchev–Trinajstić information content (AvgIpc) is 3.72. The number of nitrogens with zero attached hydrogens (tertiary/aromatic N) is 2. The maximum Gasteiger partial charge on any atom is 0.337 e. The minimum atomic E-state index is -0.662. The molecule has 2 aromatic carbocycles. The van der Waals surface area contributed by atoms with E-state index in [-0.39, 0.29) is 65.9 Å². The molecule has 0 bridgehead atoms. The Bertz CT molecular complexity index is 1730. The summed E-state index contributed by atoms with van der Waals surface area (Å²) in [5.41, 5.74) is 2.37. The van der Waals surface area contributed by atoms with Crippen LogP contribution < -0.4 is 16.0 Å². The van der Waals surface area contributed by atoms with Crippen molar-refractivity contribution in [2.24, 2.45) is 23.7 Å². The predicted molar refractivity (Wildman–Crippen MR) is 239 cm³/mol. The van der Waals surface area contributed by atoms with Crippen LogP contribution in [0.25, 0.3) is 6.08 Å². The van der Waals surface area contributed by atoms with E-state index in [1.807, 2.05) is 106 Å². The summed E-state index contributed by atoms with van der Waals surface area (Å²) in [5.74, 6) is -2.20. The highest BCUT2D eigenvalue weighted by Gasteiger charge is 2.43. The second-order valence-electron chi connectivity index (χ2n) is 17.1. The molecule has 0 saturated carbocycles. The minimum Gasteiger partial charge on any atom is -0.465 e. The van der Waals surface area contributed by atoms with Gasteiger partial charge in [0.25, 0.3) is 0 Å². The first-order chi connectivity index (χ1) is 29.0. The first kappa shape index (κ1) is 50.9. The highest BCUT2D eigenvalue weighted by molar-refractivity contribution is 6.00. The molecule has 1 aliphatic heterocycles. The maximum atomic E-state index is 14.4. The second-order valence-corrected chi connectivity index (χ2v) is 17.1. The van der Waals surface area contributed by atoms with E-state index in [4.69, 9.17) is 14.2 Å². The number of amides is 4. The number of hydrogen-bond acceptors (Lipinski definition) is 10. The number of nitrogens with one attached hydrogen (secondary N) is 3. The molecule has 2 aromatic rings. The lowest BCUT2D eigenvalue weighted by atomic mass is 9.87. The summed E-state index contributed by atoms with van der Waals surface area (Å²) in [6.45, 7) is 14.3. The summed E-state index contributed by atoms with van der Waals surface area (Å²) in [4.78, 5) is 71.2. The van der Waals surface area contributed by atoms with Gasteiger partial charge in [0.1, 0.15) is 0 Å². The van der Waals surface area contributed by atoms with Gasteiger partial charge >= 0.3 is 5.97 Å². The van der Waals surface area contributed by atoms with Crippen molar-refractivity contribution in [2.45, 2.75) is 123 Å². The summed E-state index contributed by atoms with van der Waals surface area (Å²) in [6, 6.07) is 14.8. The summed E-state index contributed by atoms with van der Waals surface area (Å²) in [5, 5.41) is 8.90. The van der Waals surface area contributed by atoms with Crippen molar-refractivity contribution in [1.29, 1.82) is 0 Å². The Labute approximate surface area is 364 Å². The molecule has 61 heavy (non-hydrogen) atoms. The van der Waals surface area contributed by atoms with E-state index >= 15 is 0 Å². The number of hydrogen-bond donors (Lipinski definition) is 3. The third-order valence-corrected chi connectivity index (χ3v) is 12.3. The summed E-state index contributed by atoms with van der Waals surface area (Å²) in [7, 11) is 8.11. The molecule has 338 valence electrons. The Morgan fingerprint density at radius 3 is 2.07 bits per heavy atom. The molecule has 1 saturated heterocycles. The minimum absolute atomic E-state index is 0.0144. The normalized spacial score (nSPS) is 18.3. The van der Waals surface area contributed by atoms with Gasteiger partial charge in [0.15, 0.2) is 0 Å². The van der Waals surface area contributed by atoms with Gasteiger partial charge in [-0.3, -0.25) is 29.4 Å². The molecule has 1 heterocycles. The van der Waals surface area contributed by atoms with E-state index in [2.05, 4.69) is 29.8 Å². The molecule has 0 aliphatic carbocycles. The van der Waals surface area contributed by atoms with E-state index < -0.39 is 36.2 Å². The fourth-order valence-electron chi connectivity index (χ4n) is 8.80. The Hall–Kier alpha value is -4.43. The number of likely N-dealkylation sites (tertiary alicyclic amines) is 1. The molecule has 4 amide bonds. The maximum absolute atomic E-state index is 14.4. The van der Waals surface area contributed by atoms with Crippen LogP contribution in [0.15, 0.2) is 60.7 Å². The predicted octanol–water partition coefficient (Wildman–Crippen LogP) is 5.52. The molecule has 3 N–H and O–H groups in total. The molecule has 3 rings (SSSR count). The molecule has 0 unspecified atom stereocenters. The quantitative estimate of drug-likeness (QED) is 0.122. The number of carbonyl (C=O) groups excluding carboxylic acids is 5. The van der Waals surface area contributed by atoms with Crippen molar-refractivity contribution in [3.8, 4) is 0 Å². The Morgan fingerprint density at radius 1 is 0.869 bits per heavy atom. The highest BCUT2D eigenvalue weighted by atomic mass is 16.5. The monoisotopic (exact) mass is 848 g/mol. The summed E-state index contributed by atoms with van der Waals surface area (Å²) >= 11 is 0. The van der Waals surface area contributed by atoms with Gasteiger partial charge in [-0.15, -0.1) is 0 Å². The number of benzene rings is 2. The van der Waals surface area contributed by atoms with E-state index in [1.165, 1.54) is 7.11 Å². The Morgan fingerprint density at radius 2 is 1.52 bits per heavy atom. The smallest absolute Gasteiger partial charge is 0.337 e. The number of imide groups is 1. The fourth-order valence-corrected chi connectivity index (χ4v) is 8.80. The molecule has 1 aliphatic rings. The van der Waals surface area contributed by atoms with Crippen LogP contribution in [0, 0.1) is 23.7 Å². The third-order valence-electron chi connectivity index (χ3n) is 12.3. The third kappa shape index (κ3) is 14.0. The standard InChI is InChI=1S/C48H73N5O8/c1-13-32(6)43(52(9)42(31(4)5)47(57)51-46(56)41(49-8)30(2)3)39(59-10)29-40(54)53-27-17-20-38(53)44(60-11)33(7)45(55)50-37(28-35-18-15-14-16-19-35)26-23-34-21-24-36(25-22-34)48(58)61-12/h14-16,18-19,21-26,30-33,37-39,41-44,49H,13,17,20,27-29H2,1-12H3,(H,50,55)(H,51,56,57)/b26-23+/t32-,33+,37+,38-,39+,41-,42-,43-,44+/m0/s1. The van der Waals surface area contributed by atoms with Crippen molar-refractivity contribution in [1.82, 2.24) is 25.8 Å². The van der Waals surface area contributed by atoms with Crippen molar-refractivity contribution in [3.05, 3.63) is 77.4 Å². The molecule has 0 aromatic heterocycles. The molecule has 13 nitrogen and oxygen atoms in total. The Kier molecular flexibility index (Phi) is 20.8. The SMILES string of the molecule is CC[C@H](C)[C@@H]([C@@H](CC(=O)N1CCC[C@H]1[C@H](OC)[C@@H](C)C(=O)N[C@H](/C=C/c1ccc(C(=O)OC)cc1)Cc1ccccc1)OC)N(C)[C@H](C(=O)NC(=O)[C@@H](NC)C(C)C)C(C)C. The van der Waals surface area contributed by atoms with E-state index in [9.17, 15) is 24.0 Å². The van der Waals surface area contributed by atoms with Crippen molar-refractivity contribution >= 4 is 35.7 Å². The van der Waals surface area contributed by atoms with Gasteiger partial charge in [-0.2, -0.15) is 0 Å². The lowest BCUT2D eigenvalue weighted by Crippen LogP contribution is -2.60. The number of esters is 1. The van der Waals surface area contributed by atoms with Crippen molar-refractivity contribution in [2.75, 3.05) is 42.0 Å². The van der Waals surface area contributed by atoms with Crippen LogP contribution in [0.2, 0.25) is 0 Å². The molecular formula is C48H73N5O8. The molecular weight excluding hydrogens is 775 g/mol. The van der Waals surface area contributed by atoms with Crippen LogP contribution in [0.3, 0.4) is 0 Å². The van der Waals surface area contributed by atoms with Gasteiger partial charge in [0.2, 0.25) is 23.6 Å². The number of methoxy groups -OCH3 is 3. The van der Waals surface area contributed by atoms with Gasteiger partial charge in [-0.1, -0.05) is 110 Å². The topological polar surface area (TPSA) is 156 Å². The zero-order valence-corrected chi connectivity index (χ0v) is 38.6. The van der Waals surface area contributed by atoms with Crippen LogP contribution in [-0.2, 0) is 39.8 Å². The van der Waals surface area contributed by atoms with Crippen LogP contribution >= 0.6 is 0 Å². The molecule has 0 radical (unpaired) electrons. The Balaban J connectivity index is 1.81. The van der Waals surface area contributed by atoms with Gasteiger partial charge in [-0.05, 0) is 74.4 Å². The number of rotatable bonds is 23. The van der Waals surface area contributed by atoms with E-state index in [0.29, 0.717) is 24.9 Å². The zero-order chi connectivity index (χ0) is 45.4. The van der Waals surface area contributed by atoms with Crippen molar-refractivity contribution in [3.63, 3.8) is 0 Å². The van der Waals surface area contributed by atoms with Crippen LogP contribution in [0.5, 0.6) is 0 Å². The van der Waals surface area contributed by atoms with Gasteiger partial charge < -0.3 is 29.7 Å². The van der Waals surface area contributed by atoms with Crippen molar-refractivity contribution < 1.29 is 38.2 Å². The van der Waals surface area contributed by atoms with Gasteiger partial charge in [0, 0.05) is 26.8 Å². The second kappa shape index (κ2) is 24.9. The molecule has 9 atom stereocenters. The number of carbonyl (C=O) groups is 5. The average molecular weight is 848 g/mol. The summed E-state index contributed by atoms with van der Waals surface area (Å²) < 4.78 is 17.0. The number of ether oxygens (including phenoxy) is 3. The first-order valence-corrected chi connectivity index (χ1v) is 21.8. The lowest BCUT2D eigenvalue weighted by molar-refractivity contribution is -0.144. The lowest BCUT2D eigenvalue weighted by Gasteiger charge is -2.43. The van der Waals surface area contributed by atoms with Gasteiger partial charge in [-0.25, -0.2) is 4.79 Å². The van der Waals surface area contributed by atoms with E-state index in [1.54, 1.807) is 33.4 Å². The number of likely N-dealkylation sites (N-methyl/N-ethyl adjacent to an activating group) is 2. The fraction of sp³-hybridized carbons (Fsp3) is 0.604. The summed E-state index contributed by atoms with van der Waals surface area (Å²) in [6.07, 6.45) is 5.55.